The van der Waals surface area contributed by atoms with Crippen molar-refractivity contribution in [1.82, 2.24) is 0 Å². The topological polar surface area (TPSA) is 0 Å². The molecule has 108 valence electrons. The molecule has 0 unspecified atom stereocenters. The van der Waals surface area contributed by atoms with Gasteiger partial charge in [-0.05, 0) is 47.0 Å². The van der Waals surface area contributed by atoms with Gasteiger partial charge < -0.3 is 0 Å². The van der Waals surface area contributed by atoms with E-state index in [2.05, 4.69) is 12.1 Å². The molecule has 0 atom stereocenters. The minimum absolute atomic E-state index is 0.727. The van der Waals surface area contributed by atoms with Gasteiger partial charge in [-0.25, -0.2) is 0 Å². The van der Waals surface area contributed by atoms with E-state index in [1.807, 2.05) is 54.6 Å². The van der Waals surface area contributed by atoms with E-state index >= 15 is 0 Å². The second-order valence-electron chi connectivity index (χ2n) is 4.80. The molecule has 0 aliphatic rings. The van der Waals surface area contributed by atoms with Gasteiger partial charge in [0.1, 0.15) is 0 Å². The van der Waals surface area contributed by atoms with Crippen LogP contribution in [0.4, 0.5) is 0 Å². The molecule has 22 heavy (non-hydrogen) atoms. The molecular formula is C18H11Cl2PS. The van der Waals surface area contributed by atoms with Crippen LogP contribution in [-0.4, -0.2) is 0 Å². The average Bonchev–Trinajstić information content (AvgIpc) is 2.56. The van der Waals surface area contributed by atoms with E-state index in [0.29, 0.717) is 0 Å². The Bertz CT molecular complexity index is 811. The normalized spacial score (nSPS) is 10.8. The molecule has 0 aliphatic heterocycles. The summed E-state index contributed by atoms with van der Waals surface area (Å²) in [6, 6.07) is 21.9. The van der Waals surface area contributed by atoms with Crippen molar-refractivity contribution >= 4 is 47.7 Å². The van der Waals surface area contributed by atoms with Crippen LogP contribution >= 0.6 is 30.6 Å². The lowest BCUT2D eigenvalue weighted by molar-refractivity contribution is 1.60. The van der Waals surface area contributed by atoms with Crippen molar-refractivity contribution in [1.29, 1.82) is 0 Å². The quantitative estimate of drug-likeness (QED) is 0.489. The van der Waals surface area contributed by atoms with Crippen LogP contribution < -0.4 is 5.30 Å². The molecule has 0 aliphatic carbocycles. The van der Waals surface area contributed by atoms with Crippen LogP contribution in [0.1, 0.15) is 0 Å². The molecule has 3 rings (SSSR count). The van der Waals surface area contributed by atoms with Crippen LogP contribution in [0.3, 0.4) is 0 Å². The van der Waals surface area contributed by atoms with Gasteiger partial charge in [-0.1, -0.05) is 71.4 Å². The third-order valence-corrected chi connectivity index (χ3v) is 5.09. The predicted molar refractivity (Wildman–Crippen MR) is 101 cm³/mol. The van der Waals surface area contributed by atoms with Crippen molar-refractivity contribution < 1.29 is 0 Å². The molecule has 0 saturated carbocycles. The first kappa shape index (κ1) is 15.6. The van der Waals surface area contributed by atoms with Crippen molar-refractivity contribution in [2.24, 2.45) is 0 Å². The maximum Gasteiger partial charge on any atom is 0.0406 e. The Kier molecular flexibility index (Phi) is 4.90. The van der Waals surface area contributed by atoms with Crippen molar-refractivity contribution in [3.05, 3.63) is 76.8 Å². The molecule has 0 spiro atoms. The van der Waals surface area contributed by atoms with Crippen molar-refractivity contribution in [3.63, 3.8) is 0 Å². The van der Waals surface area contributed by atoms with Gasteiger partial charge in [0.2, 0.25) is 0 Å². The summed E-state index contributed by atoms with van der Waals surface area (Å²) in [5, 5.41) is 2.57. The van der Waals surface area contributed by atoms with Gasteiger partial charge in [-0.2, -0.15) is 0 Å². The third kappa shape index (κ3) is 3.24. The summed E-state index contributed by atoms with van der Waals surface area (Å²) in [7, 11) is 0.823. The Morgan fingerprint density at radius 1 is 0.682 bits per heavy atom. The van der Waals surface area contributed by atoms with E-state index in [-0.39, 0.29) is 0 Å². The van der Waals surface area contributed by atoms with E-state index in [9.17, 15) is 0 Å². The highest BCUT2D eigenvalue weighted by molar-refractivity contribution is 7.99. The van der Waals surface area contributed by atoms with Crippen LogP contribution in [0.5, 0.6) is 0 Å². The molecule has 0 N–H and O–H groups in total. The van der Waals surface area contributed by atoms with Gasteiger partial charge in [0.25, 0.3) is 0 Å². The predicted octanol–water partition coefficient (Wildman–Crippen LogP) is 6.36. The fraction of sp³-hybridized carbons (Fsp3) is 0. The summed E-state index contributed by atoms with van der Waals surface area (Å²) in [5.41, 5.74) is 4.53. The minimum Gasteiger partial charge on any atom is -0.0843 e. The number of halogens is 2. The largest absolute Gasteiger partial charge is 0.0843 e. The van der Waals surface area contributed by atoms with E-state index in [1.165, 1.54) is 0 Å². The number of hydrogen-bond donors (Lipinski definition) is 0. The second kappa shape index (κ2) is 6.89. The molecule has 4 heteroatoms. The standard InChI is InChI=1S/C18H11Cl2PS/c19-14-8-4-12(5-9-14)16-2-1-3-17(21-22)18(16)13-6-10-15(20)11-7-13/h1-11H. The summed E-state index contributed by atoms with van der Waals surface area (Å²) in [4.78, 5) is 0. The Morgan fingerprint density at radius 2 is 1.23 bits per heavy atom. The van der Waals surface area contributed by atoms with E-state index in [0.717, 1.165) is 45.0 Å². The highest BCUT2D eigenvalue weighted by Gasteiger charge is 2.11. The number of hydrogen-bond acceptors (Lipinski definition) is 1. The Labute approximate surface area is 146 Å². The minimum atomic E-state index is 0.727. The summed E-state index contributed by atoms with van der Waals surface area (Å²) in [6.07, 6.45) is 0. The monoisotopic (exact) mass is 360 g/mol. The Morgan fingerprint density at radius 3 is 1.77 bits per heavy atom. The maximum absolute atomic E-state index is 6.01. The molecule has 0 aromatic heterocycles. The summed E-state index contributed by atoms with van der Waals surface area (Å²) >= 11 is 17.3. The lowest BCUT2D eigenvalue weighted by atomic mass is 9.94. The first-order valence-corrected chi connectivity index (χ1v) is 9.33. The van der Waals surface area contributed by atoms with Gasteiger partial charge in [0, 0.05) is 28.3 Å². The van der Waals surface area contributed by atoms with Gasteiger partial charge in [0.15, 0.2) is 0 Å². The molecule has 3 aromatic carbocycles. The molecule has 0 heterocycles. The number of benzene rings is 3. The van der Waals surface area contributed by atoms with E-state index in [4.69, 9.17) is 35.0 Å². The molecule has 0 nitrogen and oxygen atoms in total. The maximum atomic E-state index is 6.01. The fourth-order valence-electron chi connectivity index (χ4n) is 2.41. The van der Waals surface area contributed by atoms with Crippen LogP contribution in [0.25, 0.3) is 22.3 Å². The lowest BCUT2D eigenvalue weighted by Crippen LogP contribution is -2.00. The first-order chi connectivity index (χ1) is 10.7. The molecule has 0 radical (unpaired) electrons. The zero-order valence-corrected chi connectivity index (χ0v) is 14.7. The lowest BCUT2D eigenvalue weighted by Gasteiger charge is -2.13. The second-order valence-corrected chi connectivity index (χ2v) is 6.89. The highest BCUT2D eigenvalue weighted by Crippen LogP contribution is 2.33. The zero-order chi connectivity index (χ0) is 15.5. The summed E-state index contributed by atoms with van der Waals surface area (Å²) in [6.45, 7) is 0. The molecule has 0 bridgehead atoms. The molecule has 0 fully saturated rings. The van der Waals surface area contributed by atoms with E-state index < -0.39 is 0 Å². The fourth-order valence-corrected chi connectivity index (χ4v) is 3.60. The number of rotatable bonds is 3. The average molecular weight is 361 g/mol. The van der Waals surface area contributed by atoms with Gasteiger partial charge in [0.05, 0.1) is 0 Å². The van der Waals surface area contributed by atoms with Crippen LogP contribution in [0.2, 0.25) is 10.0 Å². The van der Waals surface area contributed by atoms with Crippen LogP contribution in [0.15, 0.2) is 66.7 Å². The third-order valence-electron chi connectivity index (χ3n) is 3.43. The van der Waals surface area contributed by atoms with Gasteiger partial charge >= 0.3 is 0 Å². The molecule has 0 amide bonds. The van der Waals surface area contributed by atoms with Gasteiger partial charge in [-0.15, -0.1) is 0 Å². The SMILES string of the molecule is S=Pc1cccc(-c2ccc(Cl)cc2)c1-c1ccc(Cl)cc1. The van der Waals surface area contributed by atoms with Crippen molar-refractivity contribution in [2.45, 2.75) is 0 Å². The Hall–Kier alpha value is -1.24. The molecule has 3 aromatic rings. The van der Waals surface area contributed by atoms with Crippen molar-refractivity contribution in [2.75, 3.05) is 0 Å². The van der Waals surface area contributed by atoms with Crippen LogP contribution in [0, 0.1) is 0 Å². The Balaban J connectivity index is 2.24. The molecular weight excluding hydrogens is 350 g/mol. The van der Waals surface area contributed by atoms with Crippen LogP contribution in [-0.2, 0) is 11.8 Å². The smallest absolute Gasteiger partial charge is 0.0406 e. The highest BCUT2D eigenvalue weighted by atomic mass is 35.5. The van der Waals surface area contributed by atoms with E-state index in [1.54, 1.807) is 0 Å². The molecule has 0 saturated heterocycles. The van der Waals surface area contributed by atoms with Gasteiger partial charge in [-0.3, -0.25) is 0 Å². The summed E-state index contributed by atoms with van der Waals surface area (Å²) < 4.78 is 0. The zero-order valence-electron chi connectivity index (χ0n) is 11.5. The summed E-state index contributed by atoms with van der Waals surface area (Å²) in [5.74, 6) is 0. The van der Waals surface area contributed by atoms with Crippen molar-refractivity contribution in [3.8, 4) is 22.3 Å². The first-order valence-electron chi connectivity index (χ1n) is 6.67.